The highest BCUT2D eigenvalue weighted by Crippen LogP contribution is 2.35. The maximum absolute atomic E-state index is 14.0. The van der Waals surface area contributed by atoms with Gasteiger partial charge < -0.3 is 9.84 Å². The predicted molar refractivity (Wildman–Crippen MR) is 62.8 cm³/mol. The van der Waals surface area contributed by atoms with Crippen LogP contribution in [-0.2, 0) is 4.74 Å². The van der Waals surface area contributed by atoms with Gasteiger partial charge in [0.15, 0.2) is 0 Å². The maximum Gasteiger partial charge on any atom is 0.133 e. The van der Waals surface area contributed by atoms with E-state index in [1.54, 1.807) is 13.0 Å². The molecule has 0 radical (unpaired) electrons. The molecule has 1 fully saturated rings. The van der Waals surface area contributed by atoms with Gasteiger partial charge in [-0.2, -0.15) is 0 Å². The number of hydrogen-bond donors (Lipinski definition) is 1. The van der Waals surface area contributed by atoms with Crippen LogP contribution in [0.1, 0.15) is 30.1 Å². The third-order valence-corrected chi connectivity index (χ3v) is 3.59. The summed E-state index contributed by atoms with van der Waals surface area (Å²) < 4.78 is 20.2. The van der Waals surface area contributed by atoms with Crippen LogP contribution >= 0.6 is 15.9 Å². The molecule has 88 valence electrons. The molecule has 0 saturated carbocycles. The number of benzene rings is 1. The highest BCUT2D eigenvalue weighted by Gasteiger charge is 2.27. The molecule has 2 rings (SSSR count). The fraction of sp³-hybridized carbons (Fsp3) is 0.500. The van der Waals surface area contributed by atoms with Crippen LogP contribution < -0.4 is 0 Å². The summed E-state index contributed by atoms with van der Waals surface area (Å²) in [5, 5.41) is 9.57. The predicted octanol–water partition coefficient (Wildman–Crippen LogP) is 3.11. The van der Waals surface area contributed by atoms with Crippen LogP contribution in [0.15, 0.2) is 16.6 Å². The van der Waals surface area contributed by atoms with Gasteiger partial charge >= 0.3 is 0 Å². The minimum atomic E-state index is -0.398. The first-order chi connectivity index (χ1) is 7.59. The van der Waals surface area contributed by atoms with Crippen LogP contribution in [0.3, 0.4) is 0 Å². The summed E-state index contributed by atoms with van der Waals surface area (Å²) in [6, 6.07) is 3.54. The average molecular weight is 289 g/mol. The van der Waals surface area contributed by atoms with E-state index in [0.29, 0.717) is 35.0 Å². The number of halogens is 2. The molecule has 0 bridgehead atoms. The van der Waals surface area contributed by atoms with Gasteiger partial charge in [-0.25, -0.2) is 4.39 Å². The second kappa shape index (κ2) is 4.82. The molecule has 1 heterocycles. The summed E-state index contributed by atoms with van der Waals surface area (Å²) in [4.78, 5) is 0. The Hall–Kier alpha value is -0.450. The van der Waals surface area contributed by atoms with Gasteiger partial charge in [0.2, 0.25) is 0 Å². The number of rotatable bonds is 1. The Balaban J connectivity index is 2.35. The molecule has 1 aliphatic rings. The van der Waals surface area contributed by atoms with E-state index < -0.39 is 6.10 Å². The molecule has 2 unspecified atom stereocenters. The Morgan fingerprint density at radius 1 is 1.50 bits per heavy atom. The standard InChI is InChI=1S/C12H14BrFO2/c1-7-2-3-9(13)11(12(7)14)10-6-8(15)4-5-16-10/h2-3,8,10,15H,4-6H2,1H3. The topological polar surface area (TPSA) is 29.5 Å². The van der Waals surface area contributed by atoms with Crippen molar-refractivity contribution in [2.45, 2.75) is 32.0 Å². The molecule has 2 atom stereocenters. The van der Waals surface area contributed by atoms with Crippen LogP contribution in [0.25, 0.3) is 0 Å². The fourth-order valence-corrected chi connectivity index (χ4v) is 2.52. The molecule has 0 aromatic heterocycles. The van der Waals surface area contributed by atoms with Crippen LogP contribution in [0.5, 0.6) is 0 Å². The monoisotopic (exact) mass is 288 g/mol. The van der Waals surface area contributed by atoms with E-state index in [4.69, 9.17) is 4.74 Å². The molecule has 1 aromatic rings. The Labute approximate surface area is 103 Å². The third kappa shape index (κ3) is 2.29. The van der Waals surface area contributed by atoms with E-state index in [0.717, 1.165) is 0 Å². The van der Waals surface area contributed by atoms with Gasteiger partial charge in [-0.1, -0.05) is 22.0 Å². The van der Waals surface area contributed by atoms with E-state index in [9.17, 15) is 9.50 Å². The van der Waals surface area contributed by atoms with Crippen molar-refractivity contribution in [3.63, 3.8) is 0 Å². The van der Waals surface area contributed by atoms with E-state index in [1.165, 1.54) is 0 Å². The zero-order chi connectivity index (χ0) is 11.7. The molecule has 4 heteroatoms. The zero-order valence-electron chi connectivity index (χ0n) is 9.04. The summed E-state index contributed by atoms with van der Waals surface area (Å²) in [7, 11) is 0. The van der Waals surface area contributed by atoms with Gasteiger partial charge in [0, 0.05) is 23.1 Å². The normalized spacial score (nSPS) is 25.8. The number of ether oxygens (including phenoxy) is 1. The SMILES string of the molecule is Cc1ccc(Br)c(C2CC(O)CCO2)c1F. The Morgan fingerprint density at radius 2 is 2.25 bits per heavy atom. The van der Waals surface area contributed by atoms with Crippen molar-refractivity contribution in [3.05, 3.63) is 33.5 Å². The van der Waals surface area contributed by atoms with Crippen LogP contribution in [-0.4, -0.2) is 17.8 Å². The molecule has 0 amide bonds. The van der Waals surface area contributed by atoms with E-state index in [-0.39, 0.29) is 11.9 Å². The Kier molecular flexibility index (Phi) is 3.62. The van der Waals surface area contributed by atoms with E-state index in [2.05, 4.69) is 15.9 Å². The van der Waals surface area contributed by atoms with E-state index in [1.807, 2.05) is 6.07 Å². The van der Waals surface area contributed by atoms with Gasteiger partial charge in [-0.3, -0.25) is 0 Å². The summed E-state index contributed by atoms with van der Waals surface area (Å²) >= 11 is 3.34. The molecule has 1 N–H and O–H groups in total. The lowest BCUT2D eigenvalue weighted by Crippen LogP contribution is -2.24. The Bertz CT molecular complexity index is 395. The number of hydrogen-bond acceptors (Lipinski definition) is 2. The second-order valence-electron chi connectivity index (χ2n) is 4.13. The largest absolute Gasteiger partial charge is 0.393 e. The first kappa shape index (κ1) is 12.0. The molecule has 0 spiro atoms. The molecular formula is C12H14BrFO2. The smallest absolute Gasteiger partial charge is 0.133 e. The van der Waals surface area contributed by atoms with Crippen LogP contribution in [0, 0.1) is 12.7 Å². The summed E-state index contributed by atoms with van der Waals surface area (Å²) in [5.74, 6) is -0.242. The van der Waals surface area contributed by atoms with Crippen molar-refractivity contribution in [1.29, 1.82) is 0 Å². The van der Waals surface area contributed by atoms with Crippen molar-refractivity contribution < 1.29 is 14.2 Å². The molecule has 1 aliphatic heterocycles. The van der Waals surface area contributed by atoms with Crippen molar-refractivity contribution >= 4 is 15.9 Å². The number of aliphatic hydroxyl groups is 1. The van der Waals surface area contributed by atoms with Crippen LogP contribution in [0.2, 0.25) is 0 Å². The fourth-order valence-electron chi connectivity index (χ4n) is 1.95. The number of aryl methyl sites for hydroxylation is 1. The molecule has 16 heavy (non-hydrogen) atoms. The lowest BCUT2D eigenvalue weighted by atomic mass is 9.97. The lowest BCUT2D eigenvalue weighted by molar-refractivity contribution is -0.0465. The van der Waals surface area contributed by atoms with Crippen LogP contribution in [0.4, 0.5) is 4.39 Å². The molecule has 0 aliphatic carbocycles. The van der Waals surface area contributed by atoms with E-state index >= 15 is 0 Å². The van der Waals surface area contributed by atoms with Crippen molar-refractivity contribution in [2.24, 2.45) is 0 Å². The molecular weight excluding hydrogens is 275 g/mol. The number of aliphatic hydroxyl groups excluding tert-OH is 1. The summed E-state index contributed by atoms with van der Waals surface area (Å²) in [5.41, 5.74) is 1.13. The van der Waals surface area contributed by atoms with Gasteiger partial charge in [-0.05, 0) is 25.0 Å². The first-order valence-corrected chi connectivity index (χ1v) is 6.13. The van der Waals surface area contributed by atoms with Crippen molar-refractivity contribution in [3.8, 4) is 0 Å². The second-order valence-corrected chi connectivity index (χ2v) is 4.98. The highest BCUT2D eigenvalue weighted by molar-refractivity contribution is 9.10. The quantitative estimate of drug-likeness (QED) is 0.860. The average Bonchev–Trinajstić information content (AvgIpc) is 2.24. The Morgan fingerprint density at radius 3 is 2.94 bits per heavy atom. The van der Waals surface area contributed by atoms with Gasteiger partial charge in [0.1, 0.15) is 5.82 Å². The minimum absolute atomic E-state index is 0.242. The maximum atomic E-state index is 14.0. The summed E-state index contributed by atoms with van der Waals surface area (Å²) in [6.45, 7) is 2.20. The lowest BCUT2D eigenvalue weighted by Gasteiger charge is -2.28. The highest BCUT2D eigenvalue weighted by atomic mass is 79.9. The zero-order valence-corrected chi connectivity index (χ0v) is 10.6. The minimum Gasteiger partial charge on any atom is -0.393 e. The first-order valence-electron chi connectivity index (χ1n) is 5.33. The molecule has 1 aromatic carbocycles. The van der Waals surface area contributed by atoms with Gasteiger partial charge in [-0.15, -0.1) is 0 Å². The third-order valence-electron chi connectivity index (χ3n) is 2.90. The van der Waals surface area contributed by atoms with Gasteiger partial charge in [0.25, 0.3) is 0 Å². The summed E-state index contributed by atoms with van der Waals surface area (Å²) in [6.07, 6.45) is 0.337. The van der Waals surface area contributed by atoms with Crippen molar-refractivity contribution in [1.82, 2.24) is 0 Å². The molecule has 2 nitrogen and oxygen atoms in total. The molecule has 1 saturated heterocycles. The van der Waals surface area contributed by atoms with Crippen molar-refractivity contribution in [2.75, 3.05) is 6.61 Å². The van der Waals surface area contributed by atoms with Gasteiger partial charge in [0.05, 0.1) is 12.2 Å².